The molecular weight excluding hydrogens is 425 g/mol. The van der Waals surface area contributed by atoms with E-state index in [4.69, 9.17) is 12.2 Å². The van der Waals surface area contributed by atoms with Crippen molar-refractivity contribution in [1.82, 2.24) is 16.2 Å². The third-order valence-corrected chi connectivity index (χ3v) is 4.01. The predicted molar refractivity (Wildman–Crippen MR) is 101 cm³/mol. The SMILES string of the molecule is O=C(Cc1ccccc1)NNC(=S)NC(=O)c1ccccc1I. The van der Waals surface area contributed by atoms with Gasteiger partial charge in [0.05, 0.1) is 12.0 Å². The molecule has 0 heterocycles. The van der Waals surface area contributed by atoms with Crippen LogP contribution in [0.3, 0.4) is 0 Å². The molecule has 2 rings (SSSR count). The van der Waals surface area contributed by atoms with Crippen molar-refractivity contribution in [1.29, 1.82) is 0 Å². The van der Waals surface area contributed by atoms with Gasteiger partial charge < -0.3 is 0 Å². The third kappa shape index (κ3) is 5.61. The summed E-state index contributed by atoms with van der Waals surface area (Å²) in [7, 11) is 0. The summed E-state index contributed by atoms with van der Waals surface area (Å²) < 4.78 is 0.818. The van der Waals surface area contributed by atoms with Crippen LogP contribution in [-0.2, 0) is 11.2 Å². The molecule has 0 saturated carbocycles. The van der Waals surface area contributed by atoms with Crippen molar-refractivity contribution in [3.63, 3.8) is 0 Å². The van der Waals surface area contributed by atoms with Crippen molar-refractivity contribution < 1.29 is 9.59 Å². The van der Waals surface area contributed by atoms with E-state index in [9.17, 15) is 9.59 Å². The highest BCUT2D eigenvalue weighted by molar-refractivity contribution is 14.1. The molecule has 118 valence electrons. The lowest BCUT2D eigenvalue weighted by Gasteiger charge is -2.11. The van der Waals surface area contributed by atoms with Crippen molar-refractivity contribution in [2.45, 2.75) is 6.42 Å². The van der Waals surface area contributed by atoms with Gasteiger partial charge in [0.25, 0.3) is 5.91 Å². The Morgan fingerprint density at radius 3 is 2.30 bits per heavy atom. The van der Waals surface area contributed by atoms with Gasteiger partial charge in [0, 0.05) is 3.57 Å². The average molecular weight is 439 g/mol. The van der Waals surface area contributed by atoms with Crippen molar-refractivity contribution in [2.75, 3.05) is 0 Å². The van der Waals surface area contributed by atoms with Crippen LogP contribution in [0.2, 0.25) is 0 Å². The maximum absolute atomic E-state index is 12.1. The second kappa shape index (κ2) is 8.59. The zero-order chi connectivity index (χ0) is 16.7. The number of rotatable bonds is 3. The van der Waals surface area contributed by atoms with Crippen LogP contribution in [0.4, 0.5) is 0 Å². The molecule has 5 nitrogen and oxygen atoms in total. The van der Waals surface area contributed by atoms with E-state index < -0.39 is 0 Å². The van der Waals surface area contributed by atoms with E-state index in [2.05, 4.69) is 38.8 Å². The number of benzene rings is 2. The Kier molecular flexibility index (Phi) is 6.48. The lowest BCUT2D eigenvalue weighted by atomic mass is 10.1. The fourth-order valence-corrected chi connectivity index (χ4v) is 2.58. The van der Waals surface area contributed by atoms with Crippen LogP contribution in [0, 0.1) is 3.57 Å². The summed E-state index contributed by atoms with van der Waals surface area (Å²) in [5.74, 6) is -0.577. The van der Waals surface area contributed by atoms with E-state index in [-0.39, 0.29) is 23.3 Å². The standard InChI is InChI=1S/C16H14IN3O2S/c17-13-9-5-4-8-12(13)15(22)18-16(23)20-19-14(21)10-11-6-2-1-3-7-11/h1-9H,10H2,(H,19,21)(H2,18,20,22,23). The van der Waals surface area contributed by atoms with Gasteiger partial charge in [0.15, 0.2) is 5.11 Å². The first-order chi connectivity index (χ1) is 11.1. The molecule has 3 N–H and O–H groups in total. The second-order valence-electron chi connectivity index (χ2n) is 4.60. The number of carbonyl (C=O) groups excluding carboxylic acids is 2. The van der Waals surface area contributed by atoms with E-state index >= 15 is 0 Å². The van der Waals surface area contributed by atoms with Gasteiger partial charge >= 0.3 is 0 Å². The van der Waals surface area contributed by atoms with Gasteiger partial charge in [0.2, 0.25) is 5.91 Å². The quantitative estimate of drug-likeness (QED) is 0.390. The van der Waals surface area contributed by atoms with Gasteiger partial charge in [-0.15, -0.1) is 0 Å². The number of halogens is 1. The minimum atomic E-state index is -0.329. The van der Waals surface area contributed by atoms with E-state index in [0.29, 0.717) is 5.56 Å². The molecule has 0 aliphatic carbocycles. The fourth-order valence-electron chi connectivity index (χ4n) is 1.80. The van der Waals surface area contributed by atoms with Crippen molar-refractivity contribution in [3.8, 4) is 0 Å². The van der Waals surface area contributed by atoms with E-state index in [1.54, 1.807) is 12.1 Å². The van der Waals surface area contributed by atoms with Crippen molar-refractivity contribution >= 4 is 51.7 Å². The van der Waals surface area contributed by atoms with Crippen LogP contribution in [0.5, 0.6) is 0 Å². The molecule has 2 amide bonds. The molecule has 0 unspecified atom stereocenters. The van der Waals surface area contributed by atoms with Crippen LogP contribution in [0.15, 0.2) is 54.6 Å². The highest BCUT2D eigenvalue weighted by Crippen LogP contribution is 2.10. The summed E-state index contributed by atoms with van der Waals surface area (Å²) in [5.41, 5.74) is 6.39. The topological polar surface area (TPSA) is 70.2 Å². The first-order valence-corrected chi connectivity index (χ1v) is 8.23. The first kappa shape index (κ1) is 17.4. The van der Waals surface area contributed by atoms with Gasteiger partial charge in [-0.25, -0.2) is 0 Å². The zero-order valence-corrected chi connectivity index (χ0v) is 15.0. The van der Waals surface area contributed by atoms with E-state index in [0.717, 1.165) is 9.13 Å². The molecule has 0 aromatic heterocycles. The molecule has 2 aromatic rings. The average Bonchev–Trinajstić information content (AvgIpc) is 2.54. The minimum absolute atomic E-state index is 0.0380. The zero-order valence-electron chi connectivity index (χ0n) is 12.0. The number of hydrazine groups is 1. The second-order valence-corrected chi connectivity index (χ2v) is 6.17. The van der Waals surface area contributed by atoms with Gasteiger partial charge in [-0.3, -0.25) is 25.8 Å². The van der Waals surface area contributed by atoms with Crippen LogP contribution >= 0.6 is 34.8 Å². The molecule has 0 aliphatic heterocycles. The summed E-state index contributed by atoms with van der Waals surface area (Å²) in [4.78, 5) is 23.8. The van der Waals surface area contributed by atoms with Crippen molar-refractivity contribution in [3.05, 3.63) is 69.3 Å². The number of hydrogen-bond donors (Lipinski definition) is 3. The third-order valence-electron chi connectivity index (χ3n) is 2.87. The number of thiocarbonyl (C=S) groups is 1. The van der Waals surface area contributed by atoms with Gasteiger partial charge in [-0.05, 0) is 52.5 Å². The normalized spacial score (nSPS) is 9.78. The molecule has 0 aliphatic rings. The Bertz CT molecular complexity index is 722. The molecule has 0 saturated heterocycles. The summed E-state index contributed by atoms with van der Waals surface area (Å²) >= 11 is 7.07. The highest BCUT2D eigenvalue weighted by Gasteiger charge is 2.11. The minimum Gasteiger partial charge on any atom is -0.298 e. The molecule has 7 heteroatoms. The summed E-state index contributed by atoms with van der Waals surface area (Å²) in [6.07, 6.45) is 0.223. The molecule has 0 atom stereocenters. The van der Waals surface area contributed by atoms with Crippen LogP contribution in [0.1, 0.15) is 15.9 Å². The van der Waals surface area contributed by atoms with Crippen LogP contribution < -0.4 is 16.2 Å². The Labute approximate surface area is 153 Å². The predicted octanol–water partition coefficient (Wildman–Crippen LogP) is 2.17. The Morgan fingerprint density at radius 2 is 1.61 bits per heavy atom. The van der Waals surface area contributed by atoms with Gasteiger partial charge in [-0.1, -0.05) is 42.5 Å². The molecule has 23 heavy (non-hydrogen) atoms. The summed E-state index contributed by atoms with van der Waals surface area (Å²) in [6.45, 7) is 0. The monoisotopic (exact) mass is 439 g/mol. The van der Waals surface area contributed by atoms with Crippen LogP contribution in [0.25, 0.3) is 0 Å². The number of carbonyl (C=O) groups is 2. The van der Waals surface area contributed by atoms with E-state index in [1.807, 2.05) is 42.5 Å². The lowest BCUT2D eigenvalue weighted by Crippen LogP contribution is -2.49. The first-order valence-electron chi connectivity index (χ1n) is 6.75. The molecule has 2 aromatic carbocycles. The number of hydrogen-bond acceptors (Lipinski definition) is 3. The molecule has 0 spiro atoms. The summed E-state index contributed by atoms with van der Waals surface area (Å²) in [5, 5.41) is 2.56. The molecular formula is C16H14IN3O2S. The summed E-state index contributed by atoms with van der Waals surface area (Å²) in [6, 6.07) is 16.5. The Morgan fingerprint density at radius 1 is 0.957 bits per heavy atom. The van der Waals surface area contributed by atoms with Gasteiger partial charge in [0.1, 0.15) is 0 Å². The molecule has 0 fully saturated rings. The largest absolute Gasteiger partial charge is 0.298 e. The fraction of sp³-hybridized carbons (Fsp3) is 0.0625. The highest BCUT2D eigenvalue weighted by atomic mass is 127. The Hall–Kier alpha value is -2.00. The lowest BCUT2D eigenvalue weighted by molar-refractivity contribution is -0.121. The van der Waals surface area contributed by atoms with Crippen LogP contribution in [-0.4, -0.2) is 16.9 Å². The van der Waals surface area contributed by atoms with Gasteiger partial charge in [-0.2, -0.15) is 0 Å². The molecule has 0 radical (unpaired) electrons. The maximum Gasteiger partial charge on any atom is 0.258 e. The van der Waals surface area contributed by atoms with Crippen molar-refractivity contribution in [2.24, 2.45) is 0 Å². The smallest absolute Gasteiger partial charge is 0.258 e. The number of nitrogens with one attached hydrogen (secondary N) is 3. The maximum atomic E-state index is 12.1. The van der Waals surface area contributed by atoms with E-state index in [1.165, 1.54) is 0 Å². The number of amides is 2. The Balaban J connectivity index is 1.80. The molecule has 0 bridgehead atoms.